The van der Waals surface area contributed by atoms with Gasteiger partial charge in [0.1, 0.15) is 11.6 Å². The molecule has 2 N–H and O–H groups in total. The molecule has 0 amide bonds. The van der Waals surface area contributed by atoms with Crippen molar-refractivity contribution in [2.45, 2.75) is 19.6 Å². The molecule has 0 saturated carbocycles. The van der Waals surface area contributed by atoms with Gasteiger partial charge in [0.15, 0.2) is 5.11 Å². The Hall–Kier alpha value is -3.12. The molecule has 2 aromatic carbocycles. The average molecular weight is 391 g/mol. The average Bonchev–Trinajstić information content (AvgIpc) is 3.17. The molecule has 0 fully saturated rings. The predicted octanol–water partition coefficient (Wildman–Crippen LogP) is 4.10. The van der Waals surface area contributed by atoms with Crippen LogP contribution in [0.3, 0.4) is 0 Å². The number of benzene rings is 2. The zero-order valence-electron chi connectivity index (χ0n) is 15.7. The molecule has 0 bridgehead atoms. The van der Waals surface area contributed by atoms with Gasteiger partial charge in [-0.15, -0.1) is 0 Å². The smallest absolute Gasteiger partial charge is 0.171 e. The van der Waals surface area contributed by atoms with Crippen molar-refractivity contribution in [3.63, 3.8) is 0 Å². The number of fused-ring (bicyclic) bond motifs is 1. The Morgan fingerprint density at radius 2 is 1.75 bits per heavy atom. The lowest BCUT2D eigenvalue weighted by Gasteiger charge is -2.17. The van der Waals surface area contributed by atoms with Crippen molar-refractivity contribution in [2.75, 3.05) is 17.3 Å². The SMILES string of the molecule is COc1ccc(CNC(=S)Nc2ccc(N3Cc4ccccc4C3)nc2)cc1. The number of hydrogen-bond donors (Lipinski definition) is 2. The Morgan fingerprint density at radius 3 is 2.36 bits per heavy atom. The highest BCUT2D eigenvalue weighted by Gasteiger charge is 2.19. The summed E-state index contributed by atoms with van der Waals surface area (Å²) in [4.78, 5) is 6.87. The molecule has 0 saturated heterocycles. The molecule has 0 aliphatic carbocycles. The number of aromatic nitrogens is 1. The van der Waals surface area contributed by atoms with Gasteiger partial charge in [-0.3, -0.25) is 0 Å². The molecule has 1 aliphatic heterocycles. The molecule has 5 nitrogen and oxygen atoms in total. The van der Waals surface area contributed by atoms with E-state index in [9.17, 15) is 0 Å². The van der Waals surface area contributed by atoms with Crippen LogP contribution in [0.25, 0.3) is 0 Å². The second-order valence-corrected chi connectivity index (χ2v) is 7.09. The van der Waals surface area contributed by atoms with E-state index in [2.05, 4.69) is 44.8 Å². The van der Waals surface area contributed by atoms with Crippen LogP contribution in [0.15, 0.2) is 66.9 Å². The Morgan fingerprint density at radius 1 is 1.04 bits per heavy atom. The Labute approximate surface area is 170 Å². The van der Waals surface area contributed by atoms with Crippen LogP contribution in [0.4, 0.5) is 11.5 Å². The van der Waals surface area contributed by atoms with Gasteiger partial charge < -0.3 is 20.3 Å². The number of pyridine rings is 1. The van der Waals surface area contributed by atoms with Crippen molar-refractivity contribution in [3.8, 4) is 5.75 Å². The van der Waals surface area contributed by atoms with E-state index in [4.69, 9.17) is 17.0 Å². The summed E-state index contributed by atoms with van der Waals surface area (Å²) in [7, 11) is 1.66. The minimum absolute atomic E-state index is 0.568. The summed E-state index contributed by atoms with van der Waals surface area (Å²) < 4.78 is 5.17. The van der Waals surface area contributed by atoms with Crippen LogP contribution in [0, 0.1) is 0 Å². The lowest BCUT2D eigenvalue weighted by Crippen LogP contribution is -2.28. The van der Waals surface area contributed by atoms with Gasteiger partial charge in [-0.2, -0.15) is 0 Å². The third kappa shape index (κ3) is 4.23. The molecule has 0 unspecified atom stereocenters. The molecule has 2 heterocycles. The molecule has 142 valence electrons. The van der Waals surface area contributed by atoms with Crippen molar-refractivity contribution in [1.82, 2.24) is 10.3 Å². The second-order valence-electron chi connectivity index (χ2n) is 6.69. The first-order valence-electron chi connectivity index (χ1n) is 9.17. The summed E-state index contributed by atoms with van der Waals surface area (Å²) in [5, 5.41) is 6.96. The summed E-state index contributed by atoms with van der Waals surface area (Å²) >= 11 is 5.39. The Balaban J connectivity index is 1.30. The molecule has 6 heteroatoms. The number of ether oxygens (including phenoxy) is 1. The quantitative estimate of drug-likeness (QED) is 0.640. The fourth-order valence-corrected chi connectivity index (χ4v) is 3.43. The van der Waals surface area contributed by atoms with Crippen LogP contribution >= 0.6 is 12.2 Å². The topological polar surface area (TPSA) is 49.4 Å². The molecule has 0 atom stereocenters. The molecule has 0 radical (unpaired) electrons. The molecule has 4 rings (SSSR count). The molecule has 28 heavy (non-hydrogen) atoms. The third-order valence-corrected chi connectivity index (χ3v) is 5.03. The molecule has 0 spiro atoms. The molecular formula is C22H22N4OS. The number of nitrogens with zero attached hydrogens (tertiary/aromatic N) is 2. The fraction of sp³-hybridized carbons (Fsp3) is 0.182. The number of methoxy groups -OCH3 is 1. The number of thiocarbonyl (C=S) groups is 1. The minimum Gasteiger partial charge on any atom is -0.497 e. The van der Waals surface area contributed by atoms with E-state index in [0.29, 0.717) is 11.7 Å². The zero-order valence-corrected chi connectivity index (χ0v) is 16.5. The van der Waals surface area contributed by atoms with E-state index in [1.807, 2.05) is 42.6 Å². The summed E-state index contributed by atoms with van der Waals surface area (Å²) in [6.45, 7) is 2.45. The van der Waals surface area contributed by atoms with E-state index in [1.54, 1.807) is 7.11 Å². The van der Waals surface area contributed by atoms with Gasteiger partial charge in [0.2, 0.25) is 0 Å². The van der Waals surface area contributed by atoms with Crippen molar-refractivity contribution < 1.29 is 4.74 Å². The first-order chi connectivity index (χ1) is 13.7. The number of anilines is 2. The van der Waals surface area contributed by atoms with E-state index in [-0.39, 0.29) is 0 Å². The monoisotopic (exact) mass is 390 g/mol. The van der Waals surface area contributed by atoms with Gasteiger partial charge >= 0.3 is 0 Å². The summed E-state index contributed by atoms with van der Waals surface area (Å²) in [6.07, 6.45) is 1.82. The van der Waals surface area contributed by atoms with Crippen molar-refractivity contribution >= 4 is 28.8 Å². The highest BCUT2D eigenvalue weighted by atomic mass is 32.1. The zero-order chi connectivity index (χ0) is 19.3. The highest BCUT2D eigenvalue weighted by molar-refractivity contribution is 7.80. The predicted molar refractivity (Wildman–Crippen MR) is 117 cm³/mol. The van der Waals surface area contributed by atoms with Gasteiger partial charge in [-0.25, -0.2) is 4.98 Å². The number of rotatable bonds is 5. The van der Waals surface area contributed by atoms with Gasteiger partial charge in [-0.05, 0) is 53.2 Å². The van der Waals surface area contributed by atoms with Crippen LogP contribution < -0.4 is 20.3 Å². The van der Waals surface area contributed by atoms with Gasteiger partial charge in [-0.1, -0.05) is 36.4 Å². The van der Waals surface area contributed by atoms with E-state index < -0.39 is 0 Å². The lowest BCUT2D eigenvalue weighted by atomic mass is 10.1. The maximum Gasteiger partial charge on any atom is 0.171 e. The molecule has 3 aromatic rings. The lowest BCUT2D eigenvalue weighted by molar-refractivity contribution is 0.414. The molecule has 1 aromatic heterocycles. The fourth-order valence-electron chi connectivity index (χ4n) is 3.24. The minimum atomic E-state index is 0.568. The van der Waals surface area contributed by atoms with E-state index >= 15 is 0 Å². The summed E-state index contributed by atoms with van der Waals surface area (Å²) in [5.74, 6) is 1.82. The largest absolute Gasteiger partial charge is 0.497 e. The second kappa shape index (κ2) is 8.27. The van der Waals surface area contributed by atoms with Crippen LogP contribution in [-0.2, 0) is 19.6 Å². The van der Waals surface area contributed by atoms with Crippen molar-refractivity contribution in [3.05, 3.63) is 83.6 Å². The van der Waals surface area contributed by atoms with Gasteiger partial charge in [0, 0.05) is 19.6 Å². The maximum absolute atomic E-state index is 5.39. The van der Waals surface area contributed by atoms with Crippen LogP contribution in [-0.4, -0.2) is 17.2 Å². The number of nitrogens with one attached hydrogen (secondary N) is 2. The third-order valence-electron chi connectivity index (χ3n) is 4.78. The maximum atomic E-state index is 5.39. The van der Waals surface area contributed by atoms with E-state index in [1.165, 1.54) is 11.1 Å². The normalized spacial score (nSPS) is 12.4. The standard InChI is InChI=1S/C22H22N4OS/c1-27-20-9-6-16(7-10-20)12-24-22(28)25-19-8-11-21(23-13-19)26-14-17-4-2-3-5-18(17)15-26/h2-11,13H,12,14-15H2,1H3,(H2,24,25,28). The van der Waals surface area contributed by atoms with Gasteiger partial charge in [0.05, 0.1) is 19.0 Å². The first kappa shape index (κ1) is 18.3. The molecule has 1 aliphatic rings. The van der Waals surface area contributed by atoms with Crippen LogP contribution in [0.2, 0.25) is 0 Å². The first-order valence-corrected chi connectivity index (χ1v) is 9.57. The van der Waals surface area contributed by atoms with Crippen LogP contribution in [0.5, 0.6) is 5.75 Å². The Bertz CT molecular complexity index is 932. The van der Waals surface area contributed by atoms with Crippen molar-refractivity contribution in [2.24, 2.45) is 0 Å². The summed E-state index contributed by atoms with van der Waals surface area (Å²) in [6, 6.07) is 20.5. The molecular weight excluding hydrogens is 368 g/mol. The highest BCUT2D eigenvalue weighted by Crippen LogP contribution is 2.27. The van der Waals surface area contributed by atoms with Crippen LogP contribution in [0.1, 0.15) is 16.7 Å². The van der Waals surface area contributed by atoms with Gasteiger partial charge in [0.25, 0.3) is 0 Å². The van der Waals surface area contributed by atoms with Crippen molar-refractivity contribution in [1.29, 1.82) is 0 Å². The van der Waals surface area contributed by atoms with E-state index in [0.717, 1.165) is 35.9 Å². The number of hydrogen-bond acceptors (Lipinski definition) is 4. The Kier molecular flexibility index (Phi) is 5.39. The summed E-state index contributed by atoms with van der Waals surface area (Å²) in [5.41, 5.74) is 4.74.